The zero-order chi connectivity index (χ0) is 17.6. The molecule has 3 heterocycles. The maximum Gasteiger partial charge on any atom is 0.292 e. The largest absolute Gasteiger partial charge is 0.451 e. The van der Waals surface area contributed by atoms with Gasteiger partial charge in [0.15, 0.2) is 11.2 Å². The molecule has 0 bridgehead atoms. The summed E-state index contributed by atoms with van der Waals surface area (Å²) in [6, 6.07) is 6.70. The number of fused-ring (bicyclic) bond motifs is 1. The van der Waals surface area contributed by atoms with Crippen LogP contribution in [0.3, 0.4) is 0 Å². The van der Waals surface area contributed by atoms with Crippen molar-refractivity contribution in [1.29, 1.82) is 0 Å². The minimum absolute atomic E-state index is 0. The number of carbonyl (C=O) groups is 1. The number of rotatable bonds is 1. The Bertz CT molecular complexity index is 887. The van der Waals surface area contributed by atoms with Gasteiger partial charge in [-0.3, -0.25) is 9.59 Å². The molecule has 140 valence electrons. The van der Waals surface area contributed by atoms with Crippen LogP contribution in [0.25, 0.3) is 11.0 Å². The van der Waals surface area contributed by atoms with E-state index in [1.165, 1.54) is 6.07 Å². The minimum Gasteiger partial charge on any atom is -0.451 e. The average Bonchev–Trinajstić information content (AvgIpc) is 3.00. The van der Waals surface area contributed by atoms with E-state index in [-0.39, 0.29) is 29.5 Å². The van der Waals surface area contributed by atoms with Gasteiger partial charge < -0.3 is 19.0 Å². The Labute approximate surface area is 158 Å². The Morgan fingerprint density at radius 3 is 2.62 bits per heavy atom. The van der Waals surface area contributed by atoms with Crippen LogP contribution < -0.4 is 5.43 Å². The fraction of sp³-hybridized carbons (Fsp3) is 0.474. The summed E-state index contributed by atoms with van der Waals surface area (Å²) < 4.78 is 11.8. The first kappa shape index (κ1) is 18.9. The highest BCUT2D eigenvalue weighted by Crippen LogP contribution is 2.35. The number of nitrogens with zero attached hydrogens (tertiary/aromatic N) is 2. The van der Waals surface area contributed by atoms with E-state index in [0.717, 1.165) is 31.5 Å². The molecular weight excluding hydrogens is 356 g/mol. The molecule has 26 heavy (non-hydrogen) atoms. The lowest BCUT2D eigenvalue weighted by Crippen LogP contribution is -2.54. The van der Waals surface area contributed by atoms with E-state index in [2.05, 4.69) is 11.9 Å². The molecule has 0 atom stereocenters. The molecule has 0 aliphatic carbocycles. The molecule has 4 rings (SSSR count). The van der Waals surface area contributed by atoms with Crippen molar-refractivity contribution in [3.8, 4) is 0 Å². The molecule has 7 heteroatoms. The van der Waals surface area contributed by atoms with Gasteiger partial charge in [0.25, 0.3) is 5.91 Å². The molecular formula is C19H23ClN2O4. The van der Waals surface area contributed by atoms with E-state index >= 15 is 0 Å². The van der Waals surface area contributed by atoms with E-state index in [0.29, 0.717) is 24.1 Å². The van der Waals surface area contributed by atoms with Crippen LogP contribution in [0.4, 0.5) is 0 Å². The topological polar surface area (TPSA) is 63.0 Å². The van der Waals surface area contributed by atoms with Crippen molar-refractivity contribution in [3.05, 3.63) is 45.8 Å². The van der Waals surface area contributed by atoms with E-state index in [9.17, 15) is 9.59 Å². The van der Waals surface area contributed by atoms with Crippen LogP contribution in [-0.2, 0) is 4.74 Å². The Kier molecular flexibility index (Phi) is 5.10. The van der Waals surface area contributed by atoms with E-state index in [4.69, 9.17) is 9.15 Å². The molecule has 1 amide bonds. The quantitative estimate of drug-likeness (QED) is 0.762. The van der Waals surface area contributed by atoms with E-state index in [1.807, 2.05) is 13.0 Å². The summed E-state index contributed by atoms with van der Waals surface area (Å²) in [5.74, 6) is -0.172. The van der Waals surface area contributed by atoms with Gasteiger partial charge in [0.2, 0.25) is 0 Å². The van der Waals surface area contributed by atoms with Gasteiger partial charge in [-0.2, -0.15) is 0 Å². The maximum atomic E-state index is 13.1. The average molecular weight is 379 g/mol. The van der Waals surface area contributed by atoms with Gasteiger partial charge in [-0.25, -0.2) is 0 Å². The number of hydrogen-bond donors (Lipinski definition) is 0. The molecule has 1 aromatic heterocycles. The molecule has 2 aromatic rings. The van der Waals surface area contributed by atoms with Crippen molar-refractivity contribution in [2.24, 2.45) is 0 Å². The summed E-state index contributed by atoms with van der Waals surface area (Å²) in [6.07, 6.45) is 1.54. The highest BCUT2D eigenvalue weighted by atomic mass is 35.5. The number of likely N-dealkylation sites (tertiary alicyclic amines) is 1. The van der Waals surface area contributed by atoms with Crippen molar-refractivity contribution in [3.63, 3.8) is 0 Å². The molecule has 2 aliphatic rings. The summed E-state index contributed by atoms with van der Waals surface area (Å²) in [6.45, 7) is 4.73. The molecule has 1 aromatic carbocycles. The van der Waals surface area contributed by atoms with Gasteiger partial charge in [0, 0.05) is 38.5 Å². The number of halogens is 1. The second-order valence-corrected chi connectivity index (χ2v) is 7.03. The second kappa shape index (κ2) is 7.02. The SMILES string of the molecule is Cc1ccc2c(=O)cc(C(=O)N3CCOC34CCN(C)CC4)oc2c1.Cl. The van der Waals surface area contributed by atoms with Crippen molar-refractivity contribution in [2.75, 3.05) is 33.3 Å². The van der Waals surface area contributed by atoms with Crippen LogP contribution in [0.2, 0.25) is 0 Å². The molecule has 0 radical (unpaired) electrons. The first-order valence-electron chi connectivity index (χ1n) is 8.67. The second-order valence-electron chi connectivity index (χ2n) is 7.03. The van der Waals surface area contributed by atoms with Gasteiger partial charge in [0.1, 0.15) is 11.3 Å². The smallest absolute Gasteiger partial charge is 0.292 e. The van der Waals surface area contributed by atoms with Crippen molar-refractivity contribution in [1.82, 2.24) is 9.80 Å². The number of piperidine rings is 1. The molecule has 2 fully saturated rings. The number of ether oxygens (including phenoxy) is 1. The van der Waals surface area contributed by atoms with Gasteiger partial charge in [-0.15, -0.1) is 12.4 Å². The molecule has 0 saturated carbocycles. The van der Waals surface area contributed by atoms with Crippen LogP contribution in [-0.4, -0.2) is 54.7 Å². The number of carbonyl (C=O) groups excluding carboxylic acids is 1. The van der Waals surface area contributed by atoms with Gasteiger partial charge in [-0.1, -0.05) is 6.07 Å². The van der Waals surface area contributed by atoms with Gasteiger partial charge >= 0.3 is 0 Å². The van der Waals surface area contributed by atoms with Crippen molar-refractivity contribution >= 4 is 29.3 Å². The van der Waals surface area contributed by atoms with Gasteiger partial charge in [-0.05, 0) is 31.7 Å². The van der Waals surface area contributed by atoms with E-state index in [1.54, 1.807) is 17.0 Å². The predicted molar refractivity (Wildman–Crippen MR) is 101 cm³/mol. The Morgan fingerprint density at radius 1 is 1.15 bits per heavy atom. The summed E-state index contributed by atoms with van der Waals surface area (Å²) in [4.78, 5) is 29.4. The Hall–Kier alpha value is -1.89. The zero-order valence-electron chi connectivity index (χ0n) is 15.0. The fourth-order valence-electron chi connectivity index (χ4n) is 3.78. The van der Waals surface area contributed by atoms with Crippen LogP contribution in [0, 0.1) is 6.92 Å². The highest BCUT2D eigenvalue weighted by molar-refractivity contribution is 5.93. The molecule has 0 N–H and O–H groups in total. The minimum atomic E-state index is -0.566. The maximum absolute atomic E-state index is 13.1. The van der Waals surface area contributed by atoms with Crippen LogP contribution in [0.5, 0.6) is 0 Å². The van der Waals surface area contributed by atoms with Crippen LogP contribution in [0.15, 0.2) is 33.5 Å². The number of aryl methyl sites for hydroxylation is 1. The Balaban J connectivity index is 0.00000196. The van der Waals surface area contributed by atoms with Crippen LogP contribution >= 0.6 is 12.4 Å². The van der Waals surface area contributed by atoms with Crippen molar-refractivity contribution < 1.29 is 13.9 Å². The highest BCUT2D eigenvalue weighted by Gasteiger charge is 2.47. The van der Waals surface area contributed by atoms with Gasteiger partial charge in [0.05, 0.1) is 12.0 Å². The normalized spacial score (nSPS) is 19.7. The van der Waals surface area contributed by atoms with Crippen LogP contribution in [0.1, 0.15) is 29.0 Å². The molecule has 0 unspecified atom stereocenters. The summed E-state index contributed by atoms with van der Waals surface area (Å²) >= 11 is 0. The summed E-state index contributed by atoms with van der Waals surface area (Å²) in [7, 11) is 2.07. The molecule has 6 nitrogen and oxygen atoms in total. The first-order valence-corrected chi connectivity index (χ1v) is 8.67. The standard InChI is InChI=1S/C19H22N2O4.ClH/c1-13-3-4-14-15(22)12-17(25-16(14)11-13)18(23)21-9-10-24-19(21)5-7-20(2)8-6-19;/h3-4,11-12H,5-10H2,1-2H3;1H. The molecule has 2 saturated heterocycles. The number of amides is 1. The van der Waals surface area contributed by atoms with E-state index < -0.39 is 5.72 Å². The summed E-state index contributed by atoms with van der Waals surface area (Å²) in [5.41, 5.74) is 0.677. The first-order chi connectivity index (χ1) is 12.0. The zero-order valence-corrected chi connectivity index (χ0v) is 15.8. The third-order valence-electron chi connectivity index (χ3n) is 5.29. The number of hydrogen-bond acceptors (Lipinski definition) is 5. The molecule has 1 spiro atoms. The monoisotopic (exact) mass is 378 g/mol. The van der Waals surface area contributed by atoms with Crippen molar-refractivity contribution in [2.45, 2.75) is 25.5 Å². The lowest BCUT2D eigenvalue weighted by Gasteiger charge is -2.42. The lowest BCUT2D eigenvalue weighted by atomic mass is 9.99. The molecule has 2 aliphatic heterocycles. The number of benzene rings is 1. The third kappa shape index (κ3) is 3.13. The Morgan fingerprint density at radius 2 is 1.88 bits per heavy atom. The summed E-state index contributed by atoms with van der Waals surface area (Å²) in [5, 5.41) is 0.494. The third-order valence-corrected chi connectivity index (χ3v) is 5.29. The fourth-order valence-corrected chi connectivity index (χ4v) is 3.78. The lowest BCUT2D eigenvalue weighted by molar-refractivity contribution is -0.103. The predicted octanol–water partition coefficient (Wildman–Crippen LogP) is 2.42.